The molecule has 0 fully saturated rings. The predicted molar refractivity (Wildman–Crippen MR) is 60.6 cm³/mol. The number of nitrogens with one attached hydrogen (secondary N) is 1. The van der Waals surface area contributed by atoms with Gasteiger partial charge < -0.3 is 10.4 Å². The molecule has 5 nitrogen and oxygen atoms in total. The zero-order valence-electron chi connectivity index (χ0n) is 8.77. The smallest absolute Gasteiger partial charge is 0.313 e. The van der Waals surface area contributed by atoms with E-state index in [4.69, 9.17) is 5.11 Å². The average molecular weight is 240 g/mol. The van der Waals surface area contributed by atoms with E-state index in [1.807, 2.05) is 6.92 Å². The highest BCUT2D eigenvalue weighted by molar-refractivity contribution is 8.00. The lowest BCUT2D eigenvalue weighted by molar-refractivity contribution is -0.133. The number of nitrogens with zero attached hydrogens (tertiary/aromatic N) is 1. The number of hydrogen-bond acceptors (Lipinski definition) is 4. The molecule has 1 aromatic rings. The Labute approximate surface area is 97.3 Å². The summed E-state index contributed by atoms with van der Waals surface area (Å²) < 4.78 is 0. The molecule has 0 aromatic carbocycles. The van der Waals surface area contributed by atoms with Crippen LogP contribution in [0.25, 0.3) is 0 Å². The van der Waals surface area contributed by atoms with E-state index in [0.29, 0.717) is 12.2 Å². The third-order valence-electron chi connectivity index (χ3n) is 1.66. The summed E-state index contributed by atoms with van der Waals surface area (Å²) in [5.74, 6) is -1.17. The fraction of sp³-hybridized carbons (Fsp3) is 0.300. The highest BCUT2D eigenvalue weighted by Gasteiger charge is 2.07. The number of thioether (sulfide) groups is 1. The number of carbonyl (C=O) groups excluding carboxylic acids is 1. The van der Waals surface area contributed by atoms with Gasteiger partial charge in [0.1, 0.15) is 5.69 Å². The number of rotatable bonds is 5. The number of aromatic nitrogens is 1. The zero-order chi connectivity index (χ0) is 12.0. The van der Waals surface area contributed by atoms with Crippen LogP contribution in [0.5, 0.6) is 0 Å². The summed E-state index contributed by atoms with van der Waals surface area (Å²) in [6.45, 7) is 2.36. The molecule has 6 heteroatoms. The van der Waals surface area contributed by atoms with Crippen LogP contribution in [0.4, 0.5) is 0 Å². The summed E-state index contributed by atoms with van der Waals surface area (Å²) in [7, 11) is 0. The number of carboxylic acids is 1. The van der Waals surface area contributed by atoms with Gasteiger partial charge in [-0.05, 0) is 19.1 Å². The Bertz CT molecular complexity index is 395. The second kappa shape index (κ2) is 6.12. The molecule has 0 unspecified atom stereocenters. The van der Waals surface area contributed by atoms with Crippen LogP contribution in [0.1, 0.15) is 17.4 Å². The summed E-state index contributed by atoms with van der Waals surface area (Å²) in [4.78, 5) is 26.4. The van der Waals surface area contributed by atoms with Crippen LogP contribution in [0.3, 0.4) is 0 Å². The Morgan fingerprint density at radius 1 is 1.56 bits per heavy atom. The maximum Gasteiger partial charge on any atom is 0.313 e. The van der Waals surface area contributed by atoms with Gasteiger partial charge in [0.2, 0.25) is 0 Å². The first-order valence-electron chi connectivity index (χ1n) is 4.72. The minimum Gasteiger partial charge on any atom is -0.481 e. The predicted octanol–water partition coefficient (Wildman–Crippen LogP) is 1.01. The van der Waals surface area contributed by atoms with Crippen molar-refractivity contribution in [2.75, 3.05) is 12.3 Å². The highest BCUT2D eigenvalue weighted by atomic mass is 32.2. The van der Waals surface area contributed by atoms with Gasteiger partial charge in [0.15, 0.2) is 0 Å². The Morgan fingerprint density at radius 2 is 2.31 bits per heavy atom. The monoisotopic (exact) mass is 240 g/mol. The number of hydrogen-bond donors (Lipinski definition) is 2. The van der Waals surface area contributed by atoms with Crippen LogP contribution in [-0.4, -0.2) is 34.3 Å². The lowest BCUT2D eigenvalue weighted by atomic mass is 10.3. The molecule has 0 aliphatic rings. The molecule has 0 aliphatic carbocycles. The lowest BCUT2D eigenvalue weighted by Crippen LogP contribution is -2.23. The first-order valence-corrected chi connectivity index (χ1v) is 5.71. The van der Waals surface area contributed by atoms with Gasteiger partial charge in [0, 0.05) is 17.6 Å². The third kappa shape index (κ3) is 3.90. The number of pyridine rings is 1. The molecule has 1 amide bonds. The largest absolute Gasteiger partial charge is 0.481 e. The maximum absolute atomic E-state index is 11.4. The first-order chi connectivity index (χ1) is 7.63. The summed E-state index contributed by atoms with van der Waals surface area (Å²) in [6.07, 6.45) is 1.49. The molecule has 86 valence electrons. The first kappa shape index (κ1) is 12.5. The molecule has 0 atom stereocenters. The summed E-state index contributed by atoms with van der Waals surface area (Å²) >= 11 is 1.16. The maximum atomic E-state index is 11.4. The summed E-state index contributed by atoms with van der Waals surface area (Å²) in [6, 6.07) is 3.26. The quantitative estimate of drug-likeness (QED) is 0.751. The van der Waals surface area contributed by atoms with Crippen molar-refractivity contribution >= 4 is 23.6 Å². The minimum atomic E-state index is -0.888. The third-order valence-corrected chi connectivity index (χ3v) is 2.64. The molecule has 2 N–H and O–H groups in total. The molecule has 1 rings (SSSR count). The van der Waals surface area contributed by atoms with Crippen LogP contribution in [0.2, 0.25) is 0 Å². The van der Waals surface area contributed by atoms with Crippen molar-refractivity contribution in [3.8, 4) is 0 Å². The molecule has 0 spiro atoms. The van der Waals surface area contributed by atoms with Gasteiger partial charge in [-0.2, -0.15) is 0 Å². The molecule has 0 radical (unpaired) electrons. The molecule has 1 heterocycles. The molecule has 16 heavy (non-hydrogen) atoms. The molecular weight excluding hydrogens is 228 g/mol. The number of carbonyl (C=O) groups is 2. The van der Waals surface area contributed by atoms with Crippen LogP contribution in [0, 0.1) is 0 Å². The molecule has 0 aliphatic heterocycles. The molecular formula is C10H12N2O3S. The second-order valence-electron chi connectivity index (χ2n) is 2.92. The van der Waals surface area contributed by atoms with Gasteiger partial charge in [0.25, 0.3) is 5.91 Å². The fourth-order valence-corrected chi connectivity index (χ4v) is 1.66. The van der Waals surface area contributed by atoms with Gasteiger partial charge >= 0.3 is 5.97 Å². The van der Waals surface area contributed by atoms with E-state index in [-0.39, 0.29) is 11.7 Å². The summed E-state index contributed by atoms with van der Waals surface area (Å²) in [5, 5.41) is 11.1. The van der Waals surface area contributed by atoms with E-state index in [2.05, 4.69) is 10.3 Å². The molecule has 0 saturated carbocycles. The minimum absolute atomic E-state index is 0.0289. The van der Waals surface area contributed by atoms with Gasteiger partial charge in [-0.15, -0.1) is 11.8 Å². The SMILES string of the molecule is CCNC(=O)c1cc(SCC(=O)O)ccn1. The number of carboxylic acid groups (broad SMARTS) is 1. The Balaban J connectivity index is 2.70. The van der Waals surface area contributed by atoms with Gasteiger partial charge in [-0.1, -0.05) is 0 Å². The van der Waals surface area contributed by atoms with E-state index in [0.717, 1.165) is 16.7 Å². The van der Waals surface area contributed by atoms with E-state index < -0.39 is 5.97 Å². The number of amides is 1. The zero-order valence-corrected chi connectivity index (χ0v) is 9.58. The van der Waals surface area contributed by atoms with Crippen molar-refractivity contribution in [1.29, 1.82) is 0 Å². The van der Waals surface area contributed by atoms with Crippen molar-refractivity contribution in [3.05, 3.63) is 24.0 Å². The highest BCUT2D eigenvalue weighted by Crippen LogP contribution is 2.17. The summed E-state index contributed by atoms with van der Waals surface area (Å²) in [5.41, 5.74) is 0.303. The van der Waals surface area contributed by atoms with E-state index >= 15 is 0 Å². The van der Waals surface area contributed by atoms with Crippen LogP contribution < -0.4 is 5.32 Å². The number of aliphatic carboxylic acids is 1. The van der Waals surface area contributed by atoms with Crippen molar-refractivity contribution in [2.24, 2.45) is 0 Å². The van der Waals surface area contributed by atoms with Gasteiger partial charge in [0.05, 0.1) is 5.75 Å². The van der Waals surface area contributed by atoms with Gasteiger partial charge in [-0.25, -0.2) is 0 Å². The molecule has 1 aromatic heterocycles. The molecule has 0 bridgehead atoms. The van der Waals surface area contributed by atoms with Crippen molar-refractivity contribution in [2.45, 2.75) is 11.8 Å². The second-order valence-corrected chi connectivity index (χ2v) is 3.97. The van der Waals surface area contributed by atoms with E-state index in [1.54, 1.807) is 12.1 Å². The van der Waals surface area contributed by atoms with Crippen molar-refractivity contribution in [3.63, 3.8) is 0 Å². The lowest BCUT2D eigenvalue weighted by Gasteiger charge is -2.03. The van der Waals surface area contributed by atoms with Crippen LogP contribution in [0.15, 0.2) is 23.2 Å². The van der Waals surface area contributed by atoms with Gasteiger partial charge in [-0.3, -0.25) is 14.6 Å². The van der Waals surface area contributed by atoms with Crippen molar-refractivity contribution in [1.82, 2.24) is 10.3 Å². The Kier molecular flexibility index (Phi) is 4.78. The Hall–Kier alpha value is -1.56. The fourth-order valence-electron chi connectivity index (χ4n) is 1.02. The topological polar surface area (TPSA) is 79.3 Å². The van der Waals surface area contributed by atoms with Crippen LogP contribution in [-0.2, 0) is 4.79 Å². The average Bonchev–Trinajstić information content (AvgIpc) is 2.27. The van der Waals surface area contributed by atoms with E-state index in [1.165, 1.54) is 6.20 Å². The Morgan fingerprint density at radius 3 is 2.94 bits per heavy atom. The molecule has 0 saturated heterocycles. The normalized spacial score (nSPS) is 9.81. The van der Waals surface area contributed by atoms with Crippen molar-refractivity contribution < 1.29 is 14.7 Å². The van der Waals surface area contributed by atoms with E-state index in [9.17, 15) is 9.59 Å². The standard InChI is InChI=1S/C10H12N2O3S/c1-2-11-10(15)8-5-7(3-4-12-8)16-6-9(13)14/h3-5H,2,6H2,1H3,(H,11,15)(H,13,14). The van der Waals surface area contributed by atoms with Crippen LogP contribution >= 0.6 is 11.8 Å².